The van der Waals surface area contributed by atoms with E-state index in [1.54, 1.807) is 13.2 Å². The first kappa shape index (κ1) is 15.5. The molecule has 5 heteroatoms. The Morgan fingerprint density at radius 3 is 2.52 bits per heavy atom. The van der Waals surface area contributed by atoms with Gasteiger partial charge >= 0.3 is 0 Å². The lowest BCUT2D eigenvalue weighted by Gasteiger charge is -2.41. The minimum absolute atomic E-state index is 0.0161. The lowest BCUT2D eigenvalue weighted by Crippen LogP contribution is -2.46. The minimum Gasteiger partial charge on any atom is -0.496 e. The van der Waals surface area contributed by atoms with Crippen LogP contribution >= 0.6 is 0 Å². The van der Waals surface area contributed by atoms with Crippen LogP contribution < -0.4 is 10.1 Å². The molecule has 0 aromatic heterocycles. The van der Waals surface area contributed by atoms with Crippen LogP contribution in [0.2, 0.25) is 0 Å². The van der Waals surface area contributed by atoms with Gasteiger partial charge in [-0.05, 0) is 31.0 Å². The summed E-state index contributed by atoms with van der Waals surface area (Å²) < 4.78 is 32.1. The standard InChI is InChI=1S/C18H17F2NO2/c1-23-16-6-3-2-5-13(16)18(9-4-10-18)17(22)21-15-8-7-12(19)11-14(15)20/h2-3,5-8,11H,4,9-10H2,1H3,(H,21,22). The van der Waals surface area contributed by atoms with Crippen molar-refractivity contribution in [3.05, 3.63) is 59.7 Å². The average molecular weight is 317 g/mol. The molecule has 0 heterocycles. The van der Waals surface area contributed by atoms with Gasteiger partial charge in [-0.25, -0.2) is 8.78 Å². The van der Waals surface area contributed by atoms with Gasteiger partial charge in [0.25, 0.3) is 0 Å². The SMILES string of the molecule is COc1ccccc1C1(C(=O)Nc2ccc(F)cc2F)CCC1. The Labute approximate surface area is 133 Å². The maximum Gasteiger partial charge on any atom is 0.235 e. The molecule has 2 aromatic carbocycles. The smallest absolute Gasteiger partial charge is 0.235 e. The molecule has 0 saturated heterocycles. The molecule has 0 aliphatic heterocycles. The van der Waals surface area contributed by atoms with Crippen molar-refractivity contribution in [3.8, 4) is 5.75 Å². The molecule has 1 N–H and O–H groups in total. The van der Waals surface area contributed by atoms with Gasteiger partial charge in [-0.15, -0.1) is 0 Å². The van der Waals surface area contributed by atoms with E-state index in [1.165, 1.54) is 6.07 Å². The monoisotopic (exact) mass is 317 g/mol. The molecule has 3 rings (SSSR count). The predicted molar refractivity (Wildman–Crippen MR) is 83.5 cm³/mol. The number of anilines is 1. The number of hydrogen-bond donors (Lipinski definition) is 1. The van der Waals surface area contributed by atoms with Crippen LogP contribution in [-0.2, 0) is 10.2 Å². The molecule has 1 fully saturated rings. The van der Waals surface area contributed by atoms with E-state index in [2.05, 4.69) is 5.32 Å². The summed E-state index contributed by atoms with van der Waals surface area (Å²) in [5.74, 6) is -1.11. The summed E-state index contributed by atoms with van der Waals surface area (Å²) in [6.45, 7) is 0. The first-order valence-corrected chi connectivity index (χ1v) is 7.47. The molecule has 0 bridgehead atoms. The van der Waals surface area contributed by atoms with Gasteiger partial charge in [-0.1, -0.05) is 24.6 Å². The normalized spacial score (nSPS) is 15.6. The summed E-state index contributed by atoms with van der Waals surface area (Å²) in [5, 5.41) is 2.59. The Morgan fingerprint density at radius 2 is 1.91 bits per heavy atom. The largest absolute Gasteiger partial charge is 0.496 e. The van der Waals surface area contributed by atoms with E-state index < -0.39 is 17.0 Å². The van der Waals surface area contributed by atoms with Crippen molar-refractivity contribution in [1.29, 1.82) is 0 Å². The fraction of sp³-hybridized carbons (Fsp3) is 0.278. The van der Waals surface area contributed by atoms with Crippen molar-refractivity contribution < 1.29 is 18.3 Å². The summed E-state index contributed by atoms with van der Waals surface area (Å²) in [7, 11) is 1.56. The Morgan fingerprint density at radius 1 is 1.17 bits per heavy atom. The van der Waals surface area contributed by atoms with Crippen LogP contribution in [-0.4, -0.2) is 13.0 Å². The molecule has 2 aromatic rings. The van der Waals surface area contributed by atoms with Gasteiger partial charge in [0, 0.05) is 11.6 Å². The average Bonchev–Trinajstić information content (AvgIpc) is 2.49. The summed E-state index contributed by atoms with van der Waals surface area (Å²) >= 11 is 0. The molecule has 120 valence electrons. The maximum absolute atomic E-state index is 13.8. The van der Waals surface area contributed by atoms with Crippen molar-refractivity contribution in [2.45, 2.75) is 24.7 Å². The van der Waals surface area contributed by atoms with Crippen molar-refractivity contribution >= 4 is 11.6 Å². The number of methoxy groups -OCH3 is 1. The third-order valence-electron chi connectivity index (χ3n) is 4.44. The van der Waals surface area contributed by atoms with Gasteiger partial charge in [-0.3, -0.25) is 4.79 Å². The number of ether oxygens (including phenoxy) is 1. The number of carbonyl (C=O) groups is 1. The van der Waals surface area contributed by atoms with Gasteiger partial charge in [0.2, 0.25) is 5.91 Å². The number of benzene rings is 2. The number of rotatable bonds is 4. The molecule has 1 amide bonds. The van der Waals surface area contributed by atoms with Crippen molar-refractivity contribution in [3.63, 3.8) is 0 Å². The van der Waals surface area contributed by atoms with Crippen LogP contribution in [0, 0.1) is 11.6 Å². The number of carbonyl (C=O) groups excluding carboxylic acids is 1. The second-order valence-corrected chi connectivity index (χ2v) is 5.71. The van der Waals surface area contributed by atoms with Crippen LogP contribution in [0.25, 0.3) is 0 Å². The van der Waals surface area contributed by atoms with Crippen molar-refractivity contribution in [2.24, 2.45) is 0 Å². The van der Waals surface area contributed by atoms with Crippen molar-refractivity contribution in [1.82, 2.24) is 0 Å². The van der Waals surface area contributed by atoms with E-state index in [-0.39, 0.29) is 11.6 Å². The molecular formula is C18H17F2NO2. The highest BCUT2D eigenvalue weighted by atomic mass is 19.1. The number of amides is 1. The molecule has 1 aliphatic carbocycles. The van der Waals surface area contributed by atoms with E-state index in [0.717, 1.165) is 24.1 Å². The highest BCUT2D eigenvalue weighted by Crippen LogP contribution is 2.47. The third kappa shape index (κ3) is 2.67. The van der Waals surface area contributed by atoms with Gasteiger partial charge < -0.3 is 10.1 Å². The van der Waals surface area contributed by atoms with Gasteiger partial charge in [-0.2, -0.15) is 0 Å². The minimum atomic E-state index is -0.784. The topological polar surface area (TPSA) is 38.3 Å². The predicted octanol–water partition coefficient (Wildman–Crippen LogP) is 4.03. The second-order valence-electron chi connectivity index (χ2n) is 5.71. The molecule has 0 spiro atoms. The number of halogens is 2. The Hall–Kier alpha value is -2.43. The van der Waals surface area contributed by atoms with Crippen LogP contribution in [0.4, 0.5) is 14.5 Å². The molecule has 1 saturated carbocycles. The molecule has 0 radical (unpaired) electrons. The van der Waals surface area contributed by atoms with Crippen LogP contribution in [0.1, 0.15) is 24.8 Å². The summed E-state index contributed by atoms with van der Waals surface area (Å²) in [6.07, 6.45) is 2.25. The van der Waals surface area contributed by atoms with Crippen LogP contribution in [0.15, 0.2) is 42.5 Å². The highest BCUT2D eigenvalue weighted by Gasteiger charge is 2.47. The third-order valence-corrected chi connectivity index (χ3v) is 4.44. The van der Waals surface area contributed by atoms with E-state index in [0.29, 0.717) is 18.6 Å². The molecular weight excluding hydrogens is 300 g/mol. The summed E-state index contributed by atoms with van der Waals surface area (Å²) in [4.78, 5) is 12.8. The van der Waals surface area contributed by atoms with Gasteiger partial charge in [0.15, 0.2) is 0 Å². The molecule has 0 unspecified atom stereocenters. The van der Waals surface area contributed by atoms with E-state index in [4.69, 9.17) is 4.74 Å². The Bertz CT molecular complexity index is 742. The quantitative estimate of drug-likeness (QED) is 0.924. The fourth-order valence-corrected chi connectivity index (χ4v) is 3.02. The fourth-order valence-electron chi connectivity index (χ4n) is 3.02. The maximum atomic E-state index is 13.8. The zero-order chi connectivity index (χ0) is 16.4. The van der Waals surface area contributed by atoms with Crippen LogP contribution in [0.3, 0.4) is 0 Å². The van der Waals surface area contributed by atoms with Crippen molar-refractivity contribution in [2.75, 3.05) is 12.4 Å². The van der Waals surface area contributed by atoms with Gasteiger partial charge in [0.1, 0.15) is 17.4 Å². The van der Waals surface area contributed by atoms with Crippen LogP contribution in [0.5, 0.6) is 5.75 Å². The molecule has 1 aliphatic rings. The highest BCUT2D eigenvalue weighted by molar-refractivity contribution is 6.00. The van der Waals surface area contributed by atoms with E-state index in [1.807, 2.05) is 18.2 Å². The lowest BCUT2D eigenvalue weighted by molar-refractivity contribution is -0.124. The summed E-state index contributed by atoms with van der Waals surface area (Å²) in [5.41, 5.74) is 0.0549. The first-order valence-electron chi connectivity index (χ1n) is 7.47. The van der Waals surface area contributed by atoms with Gasteiger partial charge in [0.05, 0.1) is 18.2 Å². The Balaban J connectivity index is 1.92. The molecule has 3 nitrogen and oxygen atoms in total. The second kappa shape index (κ2) is 5.99. The lowest BCUT2D eigenvalue weighted by atomic mass is 9.63. The summed E-state index contributed by atoms with van der Waals surface area (Å²) in [6, 6.07) is 10.5. The zero-order valence-corrected chi connectivity index (χ0v) is 12.7. The Kier molecular flexibility index (Phi) is 4.03. The van der Waals surface area contributed by atoms with E-state index >= 15 is 0 Å². The first-order chi connectivity index (χ1) is 11.1. The van der Waals surface area contributed by atoms with E-state index in [9.17, 15) is 13.6 Å². The number of nitrogens with one attached hydrogen (secondary N) is 1. The zero-order valence-electron chi connectivity index (χ0n) is 12.7. The molecule has 0 atom stereocenters. The number of para-hydroxylation sites is 1. The number of hydrogen-bond acceptors (Lipinski definition) is 2. The molecule has 23 heavy (non-hydrogen) atoms.